The molecule has 0 saturated heterocycles. The highest BCUT2D eigenvalue weighted by atomic mass is 16.6. The van der Waals surface area contributed by atoms with Crippen molar-refractivity contribution in [3.63, 3.8) is 0 Å². The Balaban J connectivity index is 2.64. The average Bonchev–Trinajstić information content (AvgIpc) is 2.66. The Morgan fingerprint density at radius 3 is 2.42 bits per heavy atom. The standard InChI is InChI=1S/C13H16N4O2/c1-8-9(2)15-16(10(8)3)12-5-11(14-4)6-13(7-12)17(18)19/h5-7,14H,1-4H3. The SMILES string of the molecule is CNc1cc(-n2nc(C)c(C)c2C)cc([N+](=O)[O-])c1. The Kier molecular flexibility index (Phi) is 3.25. The lowest BCUT2D eigenvalue weighted by Gasteiger charge is -2.07. The molecule has 0 amide bonds. The van der Waals surface area contributed by atoms with Crippen molar-refractivity contribution in [1.82, 2.24) is 9.78 Å². The van der Waals surface area contributed by atoms with Gasteiger partial charge in [-0.2, -0.15) is 5.10 Å². The van der Waals surface area contributed by atoms with Gasteiger partial charge >= 0.3 is 0 Å². The molecule has 1 aromatic heterocycles. The summed E-state index contributed by atoms with van der Waals surface area (Å²) in [6.45, 7) is 5.87. The molecule has 19 heavy (non-hydrogen) atoms. The third-order valence-corrected chi connectivity index (χ3v) is 3.30. The van der Waals surface area contributed by atoms with Crippen molar-refractivity contribution >= 4 is 11.4 Å². The molecule has 1 aromatic carbocycles. The summed E-state index contributed by atoms with van der Waals surface area (Å²) in [7, 11) is 1.73. The molecule has 0 unspecified atom stereocenters. The van der Waals surface area contributed by atoms with Gasteiger partial charge in [0.2, 0.25) is 0 Å². The Morgan fingerprint density at radius 2 is 1.95 bits per heavy atom. The summed E-state index contributed by atoms with van der Waals surface area (Å²) in [6.07, 6.45) is 0. The number of hydrogen-bond acceptors (Lipinski definition) is 4. The minimum absolute atomic E-state index is 0.0482. The highest BCUT2D eigenvalue weighted by Crippen LogP contribution is 2.25. The Morgan fingerprint density at radius 1 is 1.26 bits per heavy atom. The van der Waals surface area contributed by atoms with Crippen molar-refractivity contribution in [2.24, 2.45) is 0 Å². The maximum atomic E-state index is 11.0. The van der Waals surface area contributed by atoms with E-state index < -0.39 is 4.92 Å². The molecule has 2 aromatic rings. The van der Waals surface area contributed by atoms with Crippen LogP contribution >= 0.6 is 0 Å². The van der Waals surface area contributed by atoms with Crippen molar-refractivity contribution in [1.29, 1.82) is 0 Å². The molecule has 0 spiro atoms. The van der Waals surface area contributed by atoms with Gasteiger partial charge in [-0.3, -0.25) is 10.1 Å². The molecule has 1 heterocycles. The Labute approximate surface area is 111 Å². The molecule has 0 aliphatic rings. The summed E-state index contributed by atoms with van der Waals surface area (Å²) >= 11 is 0. The van der Waals surface area contributed by atoms with Crippen LogP contribution in [0.1, 0.15) is 17.0 Å². The number of nitro benzene ring substituents is 1. The smallest absolute Gasteiger partial charge is 0.273 e. The number of benzene rings is 1. The number of aromatic nitrogens is 2. The summed E-state index contributed by atoms with van der Waals surface area (Å²) in [4.78, 5) is 10.6. The van der Waals surface area contributed by atoms with Crippen LogP contribution in [0.2, 0.25) is 0 Å². The van der Waals surface area contributed by atoms with Gasteiger partial charge in [0.25, 0.3) is 5.69 Å². The van der Waals surface area contributed by atoms with Crippen LogP contribution in [0.4, 0.5) is 11.4 Å². The van der Waals surface area contributed by atoms with Crippen LogP contribution in [0.5, 0.6) is 0 Å². The molecule has 0 atom stereocenters. The van der Waals surface area contributed by atoms with E-state index in [-0.39, 0.29) is 5.69 Å². The minimum atomic E-state index is -0.400. The summed E-state index contributed by atoms with van der Waals surface area (Å²) in [5.41, 5.74) is 4.43. The van der Waals surface area contributed by atoms with Crippen molar-refractivity contribution in [3.8, 4) is 5.69 Å². The zero-order valence-corrected chi connectivity index (χ0v) is 11.4. The second-order valence-corrected chi connectivity index (χ2v) is 4.45. The highest BCUT2D eigenvalue weighted by Gasteiger charge is 2.14. The first-order chi connectivity index (χ1) is 8.93. The van der Waals surface area contributed by atoms with E-state index in [1.165, 1.54) is 12.1 Å². The van der Waals surface area contributed by atoms with Crippen LogP contribution in [0.25, 0.3) is 5.69 Å². The molecule has 0 aliphatic carbocycles. The molecular weight excluding hydrogens is 244 g/mol. The van der Waals surface area contributed by atoms with Gasteiger partial charge in [-0.25, -0.2) is 4.68 Å². The molecule has 0 aliphatic heterocycles. The van der Waals surface area contributed by atoms with Gasteiger partial charge < -0.3 is 5.32 Å². The largest absolute Gasteiger partial charge is 0.388 e. The Hall–Kier alpha value is -2.37. The van der Waals surface area contributed by atoms with Crippen LogP contribution < -0.4 is 5.32 Å². The van der Waals surface area contributed by atoms with Crippen LogP contribution in [-0.2, 0) is 0 Å². The van der Waals surface area contributed by atoms with E-state index in [1.54, 1.807) is 11.7 Å². The first kappa shape index (κ1) is 13.1. The van der Waals surface area contributed by atoms with Gasteiger partial charge in [-0.05, 0) is 32.4 Å². The number of nitro groups is 1. The molecule has 1 N–H and O–H groups in total. The summed E-state index contributed by atoms with van der Waals surface area (Å²) < 4.78 is 1.73. The zero-order valence-electron chi connectivity index (χ0n) is 11.4. The van der Waals surface area contributed by atoms with Gasteiger partial charge in [0.05, 0.1) is 16.3 Å². The van der Waals surface area contributed by atoms with Gasteiger partial charge in [0, 0.05) is 30.6 Å². The minimum Gasteiger partial charge on any atom is -0.388 e. The number of nitrogens with one attached hydrogen (secondary N) is 1. The third kappa shape index (κ3) is 2.29. The summed E-state index contributed by atoms with van der Waals surface area (Å²) in [6, 6.07) is 4.87. The molecule has 0 fully saturated rings. The summed E-state index contributed by atoms with van der Waals surface area (Å²) in [5.74, 6) is 0. The highest BCUT2D eigenvalue weighted by molar-refractivity contribution is 5.59. The van der Waals surface area contributed by atoms with Crippen LogP contribution in [0.3, 0.4) is 0 Å². The number of nitrogens with zero attached hydrogens (tertiary/aromatic N) is 3. The maximum Gasteiger partial charge on any atom is 0.273 e. The number of non-ortho nitro benzene ring substituents is 1. The number of anilines is 1. The lowest BCUT2D eigenvalue weighted by Crippen LogP contribution is -2.02. The normalized spacial score (nSPS) is 10.5. The van der Waals surface area contributed by atoms with E-state index in [9.17, 15) is 10.1 Å². The average molecular weight is 260 g/mol. The fourth-order valence-electron chi connectivity index (χ4n) is 1.94. The predicted molar refractivity (Wildman–Crippen MR) is 74.0 cm³/mol. The molecule has 6 nitrogen and oxygen atoms in total. The topological polar surface area (TPSA) is 73.0 Å². The van der Waals surface area contributed by atoms with E-state index in [0.717, 1.165) is 17.0 Å². The molecule has 2 rings (SSSR count). The molecule has 0 bridgehead atoms. The second-order valence-electron chi connectivity index (χ2n) is 4.45. The first-order valence-corrected chi connectivity index (χ1v) is 5.94. The van der Waals surface area contributed by atoms with Crippen molar-refractivity contribution in [2.75, 3.05) is 12.4 Å². The fraction of sp³-hybridized carbons (Fsp3) is 0.308. The van der Waals surface area contributed by atoms with Crippen LogP contribution in [-0.4, -0.2) is 21.8 Å². The summed E-state index contributed by atoms with van der Waals surface area (Å²) in [5, 5.41) is 18.3. The lowest BCUT2D eigenvalue weighted by molar-refractivity contribution is -0.384. The quantitative estimate of drug-likeness (QED) is 0.680. The molecule has 0 radical (unpaired) electrons. The van der Waals surface area contributed by atoms with Crippen molar-refractivity contribution in [2.45, 2.75) is 20.8 Å². The first-order valence-electron chi connectivity index (χ1n) is 5.94. The van der Waals surface area contributed by atoms with Crippen molar-refractivity contribution < 1.29 is 4.92 Å². The van der Waals surface area contributed by atoms with Crippen LogP contribution in [0, 0.1) is 30.9 Å². The molecule has 6 heteroatoms. The lowest BCUT2D eigenvalue weighted by atomic mass is 10.2. The maximum absolute atomic E-state index is 11.0. The molecular formula is C13H16N4O2. The molecule has 0 saturated carbocycles. The van der Waals surface area contributed by atoms with Crippen molar-refractivity contribution in [3.05, 3.63) is 45.3 Å². The second kappa shape index (κ2) is 4.72. The predicted octanol–water partition coefficient (Wildman–Crippen LogP) is 2.75. The molecule has 100 valence electrons. The van der Waals surface area contributed by atoms with E-state index in [4.69, 9.17) is 0 Å². The Bertz CT molecular complexity index is 646. The third-order valence-electron chi connectivity index (χ3n) is 3.30. The number of rotatable bonds is 3. The van der Waals surface area contributed by atoms with Gasteiger partial charge in [-0.15, -0.1) is 0 Å². The zero-order chi connectivity index (χ0) is 14.2. The van der Waals surface area contributed by atoms with E-state index >= 15 is 0 Å². The van der Waals surface area contributed by atoms with E-state index in [0.29, 0.717) is 11.4 Å². The monoisotopic (exact) mass is 260 g/mol. The van der Waals surface area contributed by atoms with E-state index in [1.807, 2.05) is 26.8 Å². The van der Waals surface area contributed by atoms with Gasteiger partial charge in [0.1, 0.15) is 0 Å². The van der Waals surface area contributed by atoms with E-state index in [2.05, 4.69) is 10.4 Å². The van der Waals surface area contributed by atoms with Gasteiger partial charge in [-0.1, -0.05) is 0 Å². The fourth-order valence-corrected chi connectivity index (χ4v) is 1.94. The van der Waals surface area contributed by atoms with Crippen LogP contribution in [0.15, 0.2) is 18.2 Å². The number of aryl methyl sites for hydroxylation is 1. The number of hydrogen-bond donors (Lipinski definition) is 1. The van der Waals surface area contributed by atoms with Gasteiger partial charge in [0.15, 0.2) is 0 Å².